The van der Waals surface area contributed by atoms with Crippen molar-refractivity contribution in [1.29, 1.82) is 0 Å². The van der Waals surface area contributed by atoms with Gasteiger partial charge in [-0.05, 0) is 24.6 Å². The van der Waals surface area contributed by atoms with Crippen LogP contribution < -0.4 is 5.56 Å². The Hall–Kier alpha value is -2.60. The summed E-state index contributed by atoms with van der Waals surface area (Å²) in [6.45, 7) is 2.75. The third kappa shape index (κ3) is 3.12. The predicted octanol–water partition coefficient (Wildman–Crippen LogP) is 2.98. The molecule has 2 aromatic carbocycles. The zero-order valence-corrected chi connectivity index (χ0v) is 15.3. The summed E-state index contributed by atoms with van der Waals surface area (Å²) in [6, 6.07) is 15.5. The van der Waals surface area contributed by atoms with E-state index in [9.17, 15) is 9.59 Å². The van der Waals surface area contributed by atoms with Crippen molar-refractivity contribution < 1.29 is 4.79 Å². The van der Waals surface area contributed by atoms with Crippen molar-refractivity contribution in [3.8, 4) is 0 Å². The number of amides is 1. The third-order valence-electron chi connectivity index (χ3n) is 4.61. The van der Waals surface area contributed by atoms with Gasteiger partial charge in [-0.3, -0.25) is 14.2 Å². The Kier molecular flexibility index (Phi) is 4.51. The first-order valence-corrected chi connectivity index (χ1v) is 9.60. The van der Waals surface area contributed by atoms with Gasteiger partial charge in [0.1, 0.15) is 11.9 Å². The van der Waals surface area contributed by atoms with Gasteiger partial charge in [0.15, 0.2) is 0 Å². The highest BCUT2D eigenvalue weighted by Gasteiger charge is 2.30. The van der Waals surface area contributed by atoms with Crippen LogP contribution in [0, 0.1) is 6.92 Å². The number of hydrogen-bond acceptors (Lipinski definition) is 4. The molecule has 5 nitrogen and oxygen atoms in total. The highest BCUT2D eigenvalue weighted by Crippen LogP contribution is 2.37. The largest absolute Gasteiger partial charge is 0.324 e. The van der Waals surface area contributed by atoms with Crippen LogP contribution in [0.2, 0.25) is 0 Å². The van der Waals surface area contributed by atoms with E-state index < -0.39 is 0 Å². The third-order valence-corrected chi connectivity index (χ3v) is 5.87. The van der Waals surface area contributed by atoms with E-state index in [4.69, 9.17) is 0 Å². The molecule has 1 fully saturated rings. The van der Waals surface area contributed by atoms with Crippen LogP contribution in [0.4, 0.5) is 0 Å². The maximum Gasteiger partial charge on any atom is 0.261 e. The lowest BCUT2D eigenvalue weighted by molar-refractivity contribution is -0.132. The minimum Gasteiger partial charge on any atom is -0.324 e. The molecule has 0 N–H and O–H groups in total. The molecule has 0 spiro atoms. The van der Waals surface area contributed by atoms with Gasteiger partial charge in [-0.25, -0.2) is 4.98 Å². The molecule has 1 aliphatic heterocycles. The summed E-state index contributed by atoms with van der Waals surface area (Å²) in [5.74, 6) is 0.842. The van der Waals surface area contributed by atoms with Crippen molar-refractivity contribution in [2.45, 2.75) is 18.8 Å². The molecule has 1 atom stereocenters. The van der Waals surface area contributed by atoms with E-state index in [1.807, 2.05) is 24.0 Å². The fourth-order valence-electron chi connectivity index (χ4n) is 3.19. The Morgan fingerprint density at radius 3 is 2.77 bits per heavy atom. The molecule has 2 heterocycles. The first-order chi connectivity index (χ1) is 12.6. The van der Waals surface area contributed by atoms with E-state index in [1.165, 1.54) is 16.5 Å². The normalized spacial score (nSPS) is 17.0. The Morgan fingerprint density at radius 2 is 1.96 bits per heavy atom. The first kappa shape index (κ1) is 16.8. The number of rotatable bonds is 3. The average molecular weight is 365 g/mol. The summed E-state index contributed by atoms with van der Waals surface area (Å²) in [4.78, 5) is 31.6. The zero-order chi connectivity index (χ0) is 18.1. The van der Waals surface area contributed by atoms with Crippen molar-refractivity contribution in [2.24, 2.45) is 0 Å². The summed E-state index contributed by atoms with van der Waals surface area (Å²) >= 11 is 1.76. The van der Waals surface area contributed by atoms with Crippen LogP contribution in [-0.4, -0.2) is 32.7 Å². The van der Waals surface area contributed by atoms with Gasteiger partial charge < -0.3 is 4.90 Å². The number of aromatic nitrogens is 2. The van der Waals surface area contributed by atoms with E-state index in [2.05, 4.69) is 29.2 Å². The molecule has 1 aromatic heterocycles. The van der Waals surface area contributed by atoms with E-state index in [0.717, 1.165) is 11.3 Å². The molecule has 0 saturated carbocycles. The predicted molar refractivity (Wildman–Crippen MR) is 104 cm³/mol. The van der Waals surface area contributed by atoms with Gasteiger partial charge in [-0.15, -0.1) is 11.8 Å². The summed E-state index contributed by atoms with van der Waals surface area (Å²) in [7, 11) is 0. The molecule has 3 aromatic rings. The zero-order valence-electron chi connectivity index (χ0n) is 14.5. The second-order valence-corrected chi connectivity index (χ2v) is 7.60. The Bertz CT molecular complexity index is 1010. The molecule has 132 valence electrons. The number of para-hydroxylation sites is 1. The minimum atomic E-state index is -0.178. The van der Waals surface area contributed by atoms with Gasteiger partial charge in [0, 0.05) is 12.3 Å². The fourth-order valence-corrected chi connectivity index (χ4v) is 4.47. The van der Waals surface area contributed by atoms with Crippen LogP contribution in [0.5, 0.6) is 0 Å². The Labute approximate surface area is 155 Å². The molecule has 0 aliphatic carbocycles. The van der Waals surface area contributed by atoms with Crippen molar-refractivity contribution in [2.75, 3.05) is 12.3 Å². The van der Waals surface area contributed by atoms with Crippen LogP contribution in [0.3, 0.4) is 0 Å². The van der Waals surface area contributed by atoms with Gasteiger partial charge in [0.2, 0.25) is 5.91 Å². The lowest BCUT2D eigenvalue weighted by Crippen LogP contribution is -2.36. The van der Waals surface area contributed by atoms with Crippen LogP contribution in [-0.2, 0) is 11.3 Å². The quantitative estimate of drug-likeness (QED) is 0.716. The molecular weight excluding hydrogens is 346 g/mol. The van der Waals surface area contributed by atoms with Crippen molar-refractivity contribution in [3.63, 3.8) is 0 Å². The summed E-state index contributed by atoms with van der Waals surface area (Å²) in [5, 5.41) is 0.542. The molecule has 6 heteroatoms. The van der Waals surface area contributed by atoms with E-state index >= 15 is 0 Å². The van der Waals surface area contributed by atoms with E-state index in [1.54, 1.807) is 23.9 Å². The lowest BCUT2D eigenvalue weighted by Gasteiger charge is -2.24. The molecule has 4 rings (SSSR count). The van der Waals surface area contributed by atoms with Crippen LogP contribution >= 0.6 is 11.8 Å². The number of carbonyl (C=O) groups excluding carboxylic acids is 1. The minimum absolute atomic E-state index is 0.00668. The fraction of sp³-hybridized carbons (Fsp3) is 0.250. The van der Waals surface area contributed by atoms with Crippen molar-refractivity contribution in [3.05, 3.63) is 76.3 Å². The van der Waals surface area contributed by atoms with Gasteiger partial charge in [0.05, 0.1) is 17.2 Å². The Morgan fingerprint density at radius 1 is 1.19 bits per heavy atom. The molecule has 26 heavy (non-hydrogen) atoms. The van der Waals surface area contributed by atoms with Crippen LogP contribution in [0.1, 0.15) is 16.5 Å². The van der Waals surface area contributed by atoms with Gasteiger partial charge in [0.25, 0.3) is 5.56 Å². The summed E-state index contributed by atoms with van der Waals surface area (Å²) in [6.07, 6.45) is 1.46. The molecule has 1 unspecified atom stereocenters. The molecule has 0 radical (unpaired) electrons. The van der Waals surface area contributed by atoms with Gasteiger partial charge in [-0.1, -0.05) is 42.0 Å². The topological polar surface area (TPSA) is 55.2 Å². The van der Waals surface area contributed by atoms with Gasteiger partial charge >= 0.3 is 0 Å². The number of fused-ring (bicyclic) bond motifs is 1. The standard InChI is InChI=1S/C20H19N3O2S/c1-14-6-8-15(9-7-14)20-23(10-11-26-20)18(24)12-22-13-21-17-5-3-2-4-16(17)19(22)25/h2-9,13,20H,10-12H2,1H3. The maximum absolute atomic E-state index is 12.9. The monoisotopic (exact) mass is 365 g/mol. The second-order valence-electron chi connectivity index (χ2n) is 6.42. The van der Waals surface area contributed by atoms with E-state index in [-0.39, 0.29) is 23.4 Å². The molecular formula is C20H19N3O2S. The van der Waals surface area contributed by atoms with Crippen molar-refractivity contribution in [1.82, 2.24) is 14.5 Å². The molecule has 1 saturated heterocycles. The van der Waals surface area contributed by atoms with Crippen molar-refractivity contribution >= 4 is 28.6 Å². The van der Waals surface area contributed by atoms with E-state index in [0.29, 0.717) is 17.4 Å². The SMILES string of the molecule is Cc1ccc(C2SCCN2C(=O)Cn2cnc3ccccc3c2=O)cc1. The highest BCUT2D eigenvalue weighted by atomic mass is 32.2. The number of hydrogen-bond donors (Lipinski definition) is 0. The average Bonchev–Trinajstić information content (AvgIpc) is 3.15. The van der Waals surface area contributed by atoms with Gasteiger partial charge in [-0.2, -0.15) is 0 Å². The van der Waals surface area contributed by atoms with Crippen LogP contribution in [0.15, 0.2) is 59.7 Å². The Balaban J connectivity index is 1.59. The number of thioether (sulfide) groups is 1. The molecule has 0 bridgehead atoms. The second kappa shape index (κ2) is 6.96. The summed E-state index contributed by atoms with van der Waals surface area (Å²) in [5.41, 5.74) is 2.79. The lowest BCUT2D eigenvalue weighted by atomic mass is 10.1. The first-order valence-electron chi connectivity index (χ1n) is 8.55. The number of benzene rings is 2. The van der Waals surface area contributed by atoms with Crippen LogP contribution in [0.25, 0.3) is 10.9 Å². The molecule has 1 aliphatic rings. The maximum atomic E-state index is 12.9. The smallest absolute Gasteiger partial charge is 0.261 e. The number of carbonyl (C=O) groups is 1. The molecule has 1 amide bonds. The number of aryl methyl sites for hydroxylation is 1. The highest BCUT2D eigenvalue weighted by molar-refractivity contribution is 7.99. The summed E-state index contributed by atoms with van der Waals surface area (Å²) < 4.78 is 1.40. The number of nitrogens with zero attached hydrogens (tertiary/aromatic N) is 3.